The van der Waals surface area contributed by atoms with Gasteiger partial charge < -0.3 is 9.47 Å². The second-order valence-electron chi connectivity index (χ2n) is 8.41. The highest BCUT2D eigenvalue weighted by Gasteiger charge is 2.23. The first kappa shape index (κ1) is 22.7. The highest BCUT2D eigenvalue weighted by Crippen LogP contribution is 2.37. The number of aromatic nitrogens is 1. The highest BCUT2D eigenvalue weighted by atomic mass is 32.1. The Morgan fingerprint density at radius 3 is 2.59 bits per heavy atom. The number of ether oxygens (including phenoxy) is 2. The van der Waals surface area contributed by atoms with E-state index in [1.807, 2.05) is 60.8 Å². The Balaban J connectivity index is 1.56. The van der Waals surface area contributed by atoms with E-state index in [0.717, 1.165) is 33.3 Å². The van der Waals surface area contributed by atoms with Crippen LogP contribution in [0.2, 0.25) is 0 Å². The first-order valence-corrected chi connectivity index (χ1v) is 12.4. The normalized spacial score (nSPS) is 13.1. The number of para-hydroxylation sites is 1. The lowest BCUT2D eigenvalue weighted by molar-refractivity contribution is -0.385. The smallest absolute Gasteiger partial charge is 0.282 e. The van der Waals surface area contributed by atoms with E-state index in [1.165, 1.54) is 23.6 Å². The maximum Gasteiger partial charge on any atom is 0.282 e. The predicted octanol–water partition coefficient (Wildman–Crippen LogP) is 6.43. The summed E-state index contributed by atoms with van der Waals surface area (Å²) in [6, 6.07) is 25.0. The Bertz CT molecular complexity index is 1760. The number of aryl methyl sites for hydroxylation is 1. The minimum absolute atomic E-state index is 0.0249. The lowest BCUT2D eigenvalue weighted by atomic mass is 10.0. The van der Waals surface area contributed by atoms with Gasteiger partial charge in [0.05, 0.1) is 34.1 Å². The molecule has 0 aliphatic carbocycles. The zero-order valence-electron chi connectivity index (χ0n) is 19.7. The molecule has 9 heteroatoms. The van der Waals surface area contributed by atoms with Crippen molar-refractivity contribution in [3.63, 3.8) is 0 Å². The Kier molecular flexibility index (Phi) is 5.74. The SMILES string of the molecule is Cc1ccccc1N=c1scc(-c2cccc3ccccc23)n1N=Cc1cc2c(cc1[N+](=O)[O-])OCO2. The molecule has 5 aromatic rings. The highest BCUT2D eigenvalue weighted by molar-refractivity contribution is 7.07. The number of rotatable bonds is 5. The molecule has 2 heterocycles. The van der Waals surface area contributed by atoms with E-state index in [2.05, 4.69) is 18.2 Å². The molecule has 1 aliphatic heterocycles. The molecule has 1 aromatic heterocycles. The van der Waals surface area contributed by atoms with Crippen LogP contribution in [0.25, 0.3) is 22.0 Å². The summed E-state index contributed by atoms with van der Waals surface area (Å²) in [6.07, 6.45) is 1.47. The standard InChI is InChI=1S/C28H20N4O4S/c1-18-7-2-5-12-23(18)30-28-31(25(16-37-28)22-11-6-9-19-8-3-4-10-21(19)22)29-15-20-13-26-27(36-17-35-26)14-24(20)32(33)34/h2-16H,17H2,1H3. The minimum Gasteiger partial charge on any atom is -0.454 e. The van der Waals surface area contributed by atoms with Crippen molar-refractivity contribution in [1.82, 2.24) is 4.68 Å². The van der Waals surface area contributed by atoms with Gasteiger partial charge in [-0.05, 0) is 35.4 Å². The third kappa shape index (κ3) is 4.25. The van der Waals surface area contributed by atoms with Crippen LogP contribution in [-0.4, -0.2) is 22.6 Å². The number of nitro groups is 1. The molecule has 0 saturated carbocycles. The van der Waals surface area contributed by atoms with Crippen LogP contribution in [0, 0.1) is 17.0 Å². The molecule has 37 heavy (non-hydrogen) atoms. The lowest BCUT2D eigenvalue weighted by Gasteiger charge is -2.08. The minimum atomic E-state index is -0.453. The van der Waals surface area contributed by atoms with Gasteiger partial charge in [-0.2, -0.15) is 5.10 Å². The molecule has 8 nitrogen and oxygen atoms in total. The molecule has 0 atom stereocenters. The van der Waals surface area contributed by atoms with Crippen LogP contribution in [0.4, 0.5) is 11.4 Å². The molecule has 0 radical (unpaired) electrons. The summed E-state index contributed by atoms with van der Waals surface area (Å²) < 4.78 is 12.5. The van der Waals surface area contributed by atoms with Crippen LogP contribution in [0.15, 0.2) is 94.3 Å². The number of fused-ring (bicyclic) bond motifs is 2. The molecule has 0 bridgehead atoms. The third-order valence-electron chi connectivity index (χ3n) is 6.11. The fraction of sp³-hybridized carbons (Fsp3) is 0.0714. The summed E-state index contributed by atoms with van der Waals surface area (Å²) in [7, 11) is 0. The van der Waals surface area contributed by atoms with E-state index in [0.29, 0.717) is 21.9 Å². The summed E-state index contributed by atoms with van der Waals surface area (Å²) in [5, 5.41) is 20.7. The number of hydrogen-bond donors (Lipinski definition) is 0. The van der Waals surface area contributed by atoms with Gasteiger partial charge in [0.2, 0.25) is 11.6 Å². The number of nitro benzene ring substituents is 1. The maximum absolute atomic E-state index is 11.8. The molecule has 0 fully saturated rings. The number of thiazole rings is 1. The number of hydrogen-bond acceptors (Lipinski definition) is 7. The molecule has 1 aliphatic rings. The summed E-state index contributed by atoms with van der Waals surface area (Å²) in [5.74, 6) is 0.792. The van der Waals surface area contributed by atoms with Crippen LogP contribution in [0.3, 0.4) is 0 Å². The van der Waals surface area contributed by atoms with Gasteiger partial charge in [0.25, 0.3) is 5.69 Å². The lowest BCUT2D eigenvalue weighted by Crippen LogP contribution is -2.12. The van der Waals surface area contributed by atoms with E-state index in [1.54, 1.807) is 10.7 Å². The molecule has 0 unspecified atom stereocenters. The Labute approximate surface area is 215 Å². The van der Waals surface area contributed by atoms with Crippen molar-refractivity contribution < 1.29 is 14.4 Å². The molecule has 0 spiro atoms. The summed E-state index contributed by atoms with van der Waals surface area (Å²) in [4.78, 5) is 16.9. The molecule has 0 saturated heterocycles. The van der Waals surface area contributed by atoms with Gasteiger partial charge >= 0.3 is 0 Å². The van der Waals surface area contributed by atoms with Crippen molar-refractivity contribution in [2.45, 2.75) is 6.92 Å². The van der Waals surface area contributed by atoms with E-state index < -0.39 is 4.92 Å². The van der Waals surface area contributed by atoms with Gasteiger partial charge in [-0.15, -0.1) is 11.3 Å². The van der Waals surface area contributed by atoms with Crippen LogP contribution >= 0.6 is 11.3 Å². The van der Waals surface area contributed by atoms with Crippen LogP contribution in [0.1, 0.15) is 11.1 Å². The average Bonchev–Trinajstić information content (AvgIpc) is 3.54. The second kappa shape index (κ2) is 9.36. The Hall–Kier alpha value is -4.76. The van der Waals surface area contributed by atoms with Crippen LogP contribution in [-0.2, 0) is 0 Å². The largest absolute Gasteiger partial charge is 0.454 e. The number of benzene rings is 4. The maximum atomic E-state index is 11.8. The zero-order chi connectivity index (χ0) is 25.4. The van der Waals surface area contributed by atoms with Gasteiger partial charge in [0.15, 0.2) is 11.5 Å². The van der Waals surface area contributed by atoms with Gasteiger partial charge in [-0.1, -0.05) is 60.7 Å². The van der Waals surface area contributed by atoms with Gasteiger partial charge in [0.1, 0.15) is 0 Å². The molecular weight excluding hydrogens is 488 g/mol. The first-order valence-electron chi connectivity index (χ1n) is 11.5. The van der Waals surface area contributed by atoms with Gasteiger partial charge in [-0.3, -0.25) is 10.1 Å². The fourth-order valence-electron chi connectivity index (χ4n) is 4.24. The summed E-state index contributed by atoms with van der Waals surface area (Å²) >= 11 is 1.45. The molecule has 0 N–H and O–H groups in total. The topological polar surface area (TPSA) is 91.2 Å². The quantitative estimate of drug-likeness (QED) is 0.155. The van der Waals surface area contributed by atoms with Gasteiger partial charge in [0, 0.05) is 10.9 Å². The van der Waals surface area contributed by atoms with Crippen molar-refractivity contribution in [3.05, 3.63) is 110 Å². The van der Waals surface area contributed by atoms with Crippen molar-refractivity contribution in [1.29, 1.82) is 0 Å². The first-order chi connectivity index (χ1) is 18.1. The van der Waals surface area contributed by atoms with Gasteiger partial charge in [-0.25, -0.2) is 9.67 Å². The average molecular weight is 509 g/mol. The fourth-order valence-corrected chi connectivity index (χ4v) is 5.08. The molecule has 182 valence electrons. The summed E-state index contributed by atoms with van der Waals surface area (Å²) in [5.41, 5.74) is 3.86. The molecule has 0 amide bonds. The van der Waals surface area contributed by atoms with E-state index >= 15 is 0 Å². The molecular formula is C28H20N4O4S. The monoisotopic (exact) mass is 508 g/mol. The van der Waals surface area contributed by atoms with E-state index in [4.69, 9.17) is 19.6 Å². The zero-order valence-corrected chi connectivity index (χ0v) is 20.5. The van der Waals surface area contributed by atoms with Crippen molar-refractivity contribution in [2.75, 3.05) is 6.79 Å². The molecule has 6 rings (SSSR count). The van der Waals surface area contributed by atoms with Crippen LogP contribution < -0.4 is 14.3 Å². The van der Waals surface area contributed by atoms with Crippen molar-refractivity contribution in [2.24, 2.45) is 10.1 Å². The summed E-state index contributed by atoms with van der Waals surface area (Å²) in [6.45, 7) is 2.03. The Morgan fingerprint density at radius 1 is 1.00 bits per heavy atom. The van der Waals surface area contributed by atoms with Crippen molar-refractivity contribution in [3.8, 4) is 22.8 Å². The van der Waals surface area contributed by atoms with Crippen LogP contribution in [0.5, 0.6) is 11.5 Å². The Morgan fingerprint density at radius 2 is 1.76 bits per heavy atom. The molecule has 4 aromatic carbocycles. The van der Waals surface area contributed by atoms with Crippen molar-refractivity contribution >= 4 is 39.7 Å². The van der Waals surface area contributed by atoms with E-state index in [9.17, 15) is 10.1 Å². The van der Waals surface area contributed by atoms with E-state index in [-0.39, 0.29) is 12.5 Å². The second-order valence-corrected chi connectivity index (χ2v) is 9.24. The third-order valence-corrected chi connectivity index (χ3v) is 6.93. The predicted molar refractivity (Wildman–Crippen MR) is 144 cm³/mol. The number of nitrogens with zero attached hydrogens (tertiary/aromatic N) is 4.